The predicted octanol–water partition coefficient (Wildman–Crippen LogP) is 3.40. The molecule has 2 aromatic carbocycles. The number of anilines is 1. The van der Waals surface area contributed by atoms with E-state index in [1.54, 1.807) is 4.90 Å². The molecule has 2 aromatic rings. The zero-order chi connectivity index (χ0) is 16.9. The van der Waals surface area contributed by atoms with Crippen molar-refractivity contribution in [1.82, 2.24) is 4.90 Å². The summed E-state index contributed by atoms with van der Waals surface area (Å²) in [5.74, 6) is 0.0470. The van der Waals surface area contributed by atoms with Gasteiger partial charge < -0.3 is 14.5 Å². The number of carbonyl (C=O) groups excluding carboxylic acids is 1. The molecule has 1 saturated heterocycles. The molecule has 1 fully saturated rings. The highest BCUT2D eigenvalue weighted by molar-refractivity contribution is 14.1. The maximum atomic E-state index is 12.5. The summed E-state index contributed by atoms with van der Waals surface area (Å²) in [7, 11) is 1.85. The molecule has 0 N–H and O–H groups in total. The fraction of sp³-hybridized carbons (Fsp3) is 0.316. The lowest BCUT2D eigenvalue weighted by Gasteiger charge is -2.29. The summed E-state index contributed by atoms with van der Waals surface area (Å²) in [5, 5.41) is 0. The second-order valence-electron chi connectivity index (χ2n) is 5.94. The van der Waals surface area contributed by atoms with Gasteiger partial charge in [0.1, 0.15) is 0 Å². The number of rotatable bonds is 4. The van der Waals surface area contributed by atoms with E-state index in [2.05, 4.69) is 51.8 Å². The third-order valence-corrected chi connectivity index (χ3v) is 4.82. The molecule has 4 nitrogen and oxygen atoms in total. The zero-order valence-corrected chi connectivity index (χ0v) is 15.9. The number of benzene rings is 2. The molecule has 1 heterocycles. The highest BCUT2D eigenvalue weighted by Crippen LogP contribution is 2.18. The summed E-state index contributed by atoms with van der Waals surface area (Å²) in [6.07, 6.45) is 0. The number of hydrogen-bond donors (Lipinski definition) is 0. The topological polar surface area (TPSA) is 32.8 Å². The summed E-state index contributed by atoms with van der Waals surface area (Å²) < 4.78 is 6.46. The van der Waals surface area contributed by atoms with Gasteiger partial charge in [0.25, 0.3) is 5.91 Å². The molecular weight excluding hydrogens is 415 g/mol. The van der Waals surface area contributed by atoms with Gasteiger partial charge in [0.05, 0.1) is 13.2 Å². The van der Waals surface area contributed by atoms with Crippen LogP contribution in [0.4, 0.5) is 5.69 Å². The molecule has 0 unspecified atom stereocenters. The Balaban J connectivity index is 1.63. The molecule has 0 aromatic heterocycles. The van der Waals surface area contributed by atoms with Crippen LogP contribution in [-0.4, -0.2) is 44.2 Å². The van der Waals surface area contributed by atoms with Crippen molar-refractivity contribution in [1.29, 1.82) is 0 Å². The van der Waals surface area contributed by atoms with Crippen LogP contribution in [0.25, 0.3) is 0 Å². The Hall–Kier alpha value is -1.60. The lowest BCUT2D eigenvalue weighted by molar-refractivity contribution is 0.0785. The smallest absolute Gasteiger partial charge is 0.253 e. The Morgan fingerprint density at radius 3 is 2.54 bits per heavy atom. The van der Waals surface area contributed by atoms with E-state index in [9.17, 15) is 4.79 Å². The number of nitrogens with zero attached hydrogens (tertiary/aromatic N) is 2. The van der Waals surface area contributed by atoms with Gasteiger partial charge in [0.15, 0.2) is 0 Å². The lowest BCUT2D eigenvalue weighted by Crippen LogP contribution is -2.36. The van der Waals surface area contributed by atoms with Gasteiger partial charge in [0, 0.05) is 41.5 Å². The fourth-order valence-corrected chi connectivity index (χ4v) is 3.36. The van der Waals surface area contributed by atoms with E-state index in [4.69, 9.17) is 4.74 Å². The molecule has 1 amide bonds. The van der Waals surface area contributed by atoms with Crippen molar-refractivity contribution in [2.24, 2.45) is 0 Å². The average Bonchev–Trinajstić information content (AvgIpc) is 2.62. The predicted molar refractivity (Wildman–Crippen MR) is 104 cm³/mol. The molecule has 0 aliphatic carbocycles. The molecule has 0 saturated carbocycles. The van der Waals surface area contributed by atoms with Gasteiger partial charge >= 0.3 is 0 Å². The fourth-order valence-electron chi connectivity index (χ4n) is 2.82. The lowest BCUT2D eigenvalue weighted by atomic mass is 10.1. The van der Waals surface area contributed by atoms with E-state index in [1.807, 2.05) is 31.3 Å². The molecule has 5 heteroatoms. The summed E-state index contributed by atoms with van der Waals surface area (Å²) in [6, 6.07) is 16.1. The molecule has 24 heavy (non-hydrogen) atoms. The van der Waals surface area contributed by atoms with Crippen LogP contribution < -0.4 is 4.90 Å². The SMILES string of the molecule is CN(Cc1ccc(N2CCOCC2)cc1)C(=O)c1cccc(I)c1. The molecule has 1 aliphatic rings. The van der Waals surface area contributed by atoms with Gasteiger partial charge in [-0.1, -0.05) is 18.2 Å². The van der Waals surface area contributed by atoms with Crippen LogP contribution in [0.15, 0.2) is 48.5 Å². The van der Waals surface area contributed by atoms with E-state index >= 15 is 0 Å². The second kappa shape index (κ2) is 7.98. The van der Waals surface area contributed by atoms with Crippen molar-refractivity contribution in [3.63, 3.8) is 0 Å². The summed E-state index contributed by atoms with van der Waals surface area (Å²) >= 11 is 2.23. The Morgan fingerprint density at radius 1 is 1.17 bits per heavy atom. The number of morpholine rings is 1. The van der Waals surface area contributed by atoms with E-state index < -0.39 is 0 Å². The van der Waals surface area contributed by atoms with Crippen LogP contribution in [0.1, 0.15) is 15.9 Å². The first-order valence-electron chi connectivity index (χ1n) is 8.06. The normalized spacial score (nSPS) is 14.5. The molecule has 126 valence electrons. The van der Waals surface area contributed by atoms with Gasteiger partial charge in [-0.3, -0.25) is 4.79 Å². The molecule has 0 atom stereocenters. The van der Waals surface area contributed by atoms with Crippen LogP contribution in [0, 0.1) is 3.57 Å². The van der Waals surface area contributed by atoms with Gasteiger partial charge in [-0.2, -0.15) is 0 Å². The van der Waals surface area contributed by atoms with E-state index in [0.29, 0.717) is 6.54 Å². The number of halogens is 1. The molecule has 1 aliphatic heterocycles. The molecule has 0 spiro atoms. The van der Waals surface area contributed by atoms with Crippen molar-refractivity contribution >= 4 is 34.2 Å². The summed E-state index contributed by atoms with van der Waals surface area (Å²) in [4.78, 5) is 16.6. The molecular formula is C19H21IN2O2. The highest BCUT2D eigenvalue weighted by atomic mass is 127. The minimum Gasteiger partial charge on any atom is -0.378 e. The minimum atomic E-state index is 0.0470. The largest absolute Gasteiger partial charge is 0.378 e. The van der Waals surface area contributed by atoms with Crippen LogP contribution in [0.2, 0.25) is 0 Å². The summed E-state index contributed by atoms with van der Waals surface area (Å²) in [5.41, 5.74) is 3.08. The van der Waals surface area contributed by atoms with E-state index in [1.165, 1.54) is 5.69 Å². The summed E-state index contributed by atoms with van der Waals surface area (Å²) in [6.45, 7) is 4.05. The first-order chi connectivity index (χ1) is 11.6. The monoisotopic (exact) mass is 436 g/mol. The van der Waals surface area contributed by atoms with Crippen molar-refractivity contribution in [3.05, 3.63) is 63.2 Å². The van der Waals surface area contributed by atoms with Crippen LogP contribution >= 0.6 is 22.6 Å². The second-order valence-corrected chi connectivity index (χ2v) is 7.18. The number of ether oxygens (including phenoxy) is 1. The highest BCUT2D eigenvalue weighted by Gasteiger charge is 2.14. The van der Waals surface area contributed by atoms with Crippen LogP contribution in [0.3, 0.4) is 0 Å². The Bertz CT molecular complexity index is 697. The first-order valence-corrected chi connectivity index (χ1v) is 9.14. The van der Waals surface area contributed by atoms with Crippen molar-refractivity contribution in [2.45, 2.75) is 6.54 Å². The third-order valence-electron chi connectivity index (χ3n) is 4.15. The van der Waals surface area contributed by atoms with Crippen molar-refractivity contribution < 1.29 is 9.53 Å². The Labute approximate surface area is 156 Å². The number of carbonyl (C=O) groups is 1. The van der Waals surface area contributed by atoms with Gasteiger partial charge in [-0.25, -0.2) is 0 Å². The van der Waals surface area contributed by atoms with Crippen molar-refractivity contribution in [3.8, 4) is 0 Å². The molecule has 3 rings (SSSR count). The van der Waals surface area contributed by atoms with Crippen LogP contribution in [-0.2, 0) is 11.3 Å². The maximum Gasteiger partial charge on any atom is 0.253 e. The number of hydrogen-bond acceptors (Lipinski definition) is 3. The first kappa shape index (κ1) is 17.2. The number of amides is 1. The Kier molecular flexibility index (Phi) is 5.73. The van der Waals surface area contributed by atoms with E-state index in [0.717, 1.165) is 41.0 Å². The average molecular weight is 436 g/mol. The standard InChI is InChI=1S/C19H21IN2O2/c1-21(19(23)16-3-2-4-17(20)13-16)14-15-5-7-18(8-6-15)22-9-11-24-12-10-22/h2-8,13H,9-12,14H2,1H3. The third kappa shape index (κ3) is 4.27. The Morgan fingerprint density at radius 2 is 1.88 bits per heavy atom. The minimum absolute atomic E-state index is 0.0470. The maximum absolute atomic E-state index is 12.5. The quantitative estimate of drug-likeness (QED) is 0.689. The van der Waals surface area contributed by atoms with Gasteiger partial charge in [-0.05, 0) is 58.5 Å². The van der Waals surface area contributed by atoms with E-state index in [-0.39, 0.29) is 5.91 Å². The van der Waals surface area contributed by atoms with Gasteiger partial charge in [0.2, 0.25) is 0 Å². The molecule has 0 radical (unpaired) electrons. The van der Waals surface area contributed by atoms with Gasteiger partial charge in [-0.15, -0.1) is 0 Å². The van der Waals surface area contributed by atoms with Crippen LogP contribution in [0.5, 0.6) is 0 Å². The zero-order valence-electron chi connectivity index (χ0n) is 13.7. The van der Waals surface area contributed by atoms with Crippen molar-refractivity contribution in [2.75, 3.05) is 38.3 Å². The molecule has 0 bridgehead atoms.